The Balaban J connectivity index is 1.32. The van der Waals surface area contributed by atoms with Crippen LogP contribution in [0.3, 0.4) is 0 Å². The predicted molar refractivity (Wildman–Crippen MR) is 140 cm³/mol. The van der Waals surface area contributed by atoms with Crippen LogP contribution in [0.2, 0.25) is 0 Å². The zero-order valence-electron chi connectivity index (χ0n) is 19.1. The molecular formula is C28H26N2O3S. The Morgan fingerprint density at radius 1 is 0.824 bits per heavy atom. The molecule has 0 heterocycles. The number of benzene rings is 4. The monoisotopic (exact) mass is 470 g/mol. The van der Waals surface area contributed by atoms with Crippen LogP contribution in [0.25, 0.3) is 10.8 Å². The maximum Gasteiger partial charge on any atom is 0.255 e. The molecule has 4 aromatic carbocycles. The highest BCUT2D eigenvalue weighted by Crippen LogP contribution is 2.26. The van der Waals surface area contributed by atoms with Crippen LogP contribution in [0, 0.1) is 0 Å². The first kappa shape index (κ1) is 23.4. The van der Waals surface area contributed by atoms with E-state index in [0.717, 1.165) is 27.1 Å². The van der Waals surface area contributed by atoms with Gasteiger partial charge in [0.15, 0.2) is 0 Å². The van der Waals surface area contributed by atoms with E-state index in [1.54, 1.807) is 0 Å². The summed E-state index contributed by atoms with van der Waals surface area (Å²) < 4.78 is 5.42. The molecular weight excluding hydrogens is 444 g/mol. The average molecular weight is 471 g/mol. The van der Waals surface area contributed by atoms with E-state index in [2.05, 4.69) is 10.6 Å². The Labute approximate surface area is 203 Å². The van der Waals surface area contributed by atoms with Gasteiger partial charge in [-0.2, -0.15) is 0 Å². The summed E-state index contributed by atoms with van der Waals surface area (Å²) >= 11 is 1.46. The van der Waals surface area contributed by atoms with Crippen molar-refractivity contribution in [3.8, 4) is 5.75 Å². The lowest BCUT2D eigenvalue weighted by molar-refractivity contribution is -0.115. The number of hydrogen-bond acceptors (Lipinski definition) is 4. The molecule has 34 heavy (non-hydrogen) atoms. The third kappa shape index (κ3) is 5.97. The summed E-state index contributed by atoms with van der Waals surface area (Å²) in [5.41, 5.74) is 2.04. The molecule has 1 unspecified atom stereocenters. The number of amides is 2. The normalized spacial score (nSPS) is 11.6. The smallest absolute Gasteiger partial charge is 0.255 e. The molecule has 1 atom stereocenters. The highest BCUT2D eigenvalue weighted by atomic mass is 32.2. The molecule has 0 saturated carbocycles. The molecule has 4 aromatic rings. The molecule has 0 fully saturated rings. The van der Waals surface area contributed by atoms with Crippen molar-refractivity contribution in [1.82, 2.24) is 0 Å². The molecule has 2 N–H and O–H groups in total. The number of carbonyl (C=O) groups excluding carboxylic acids is 2. The van der Waals surface area contributed by atoms with E-state index in [4.69, 9.17) is 4.74 Å². The van der Waals surface area contributed by atoms with Crippen LogP contribution in [-0.2, 0) is 4.79 Å². The zero-order valence-corrected chi connectivity index (χ0v) is 19.9. The quantitative estimate of drug-likeness (QED) is 0.284. The molecule has 0 aromatic heterocycles. The highest BCUT2D eigenvalue weighted by Gasteiger charge is 2.15. The third-order valence-corrected chi connectivity index (χ3v) is 6.35. The number of carbonyl (C=O) groups is 2. The summed E-state index contributed by atoms with van der Waals surface area (Å²) in [6, 6.07) is 28.4. The third-order valence-electron chi connectivity index (χ3n) is 5.24. The first-order valence-electron chi connectivity index (χ1n) is 11.1. The van der Waals surface area contributed by atoms with Crippen LogP contribution in [0.5, 0.6) is 5.75 Å². The van der Waals surface area contributed by atoms with Crippen molar-refractivity contribution >= 4 is 45.7 Å². The molecule has 0 aliphatic rings. The Bertz CT molecular complexity index is 1290. The number of fused-ring (bicyclic) bond motifs is 1. The number of hydrogen-bond donors (Lipinski definition) is 2. The molecule has 6 heteroatoms. The first-order chi connectivity index (χ1) is 16.5. The average Bonchev–Trinajstić information content (AvgIpc) is 2.86. The first-order valence-corrected chi connectivity index (χ1v) is 12.0. The minimum atomic E-state index is -0.287. The van der Waals surface area contributed by atoms with Gasteiger partial charge in [-0.3, -0.25) is 9.59 Å². The SMILES string of the molecule is CCOc1ccc(NC(=O)C(C)Sc2ccc(NC(=O)c3ccc4ccccc4c3)cc2)cc1. The minimum Gasteiger partial charge on any atom is -0.494 e. The van der Waals surface area contributed by atoms with Gasteiger partial charge in [-0.15, -0.1) is 11.8 Å². The Morgan fingerprint density at radius 2 is 1.47 bits per heavy atom. The van der Waals surface area contributed by atoms with Crippen LogP contribution in [0.15, 0.2) is 95.9 Å². The topological polar surface area (TPSA) is 67.4 Å². The van der Waals surface area contributed by atoms with Gasteiger partial charge < -0.3 is 15.4 Å². The minimum absolute atomic E-state index is 0.0807. The number of rotatable bonds is 8. The van der Waals surface area contributed by atoms with Gasteiger partial charge >= 0.3 is 0 Å². The molecule has 0 saturated heterocycles. The summed E-state index contributed by atoms with van der Waals surface area (Å²) in [6.45, 7) is 4.40. The molecule has 0 bridgehead atoms. The van der Waals surface area contributed by atoms with Gasteiger partial charge in [0, 0.05) is 21.8 Å². The largest absolute Gasteiger partial charge is 0.494 e. The lowest BCUT2D eigenvalue weighted by atomic mass is 10.1. The molecule has 0 aliphatic carbocycles. The van der Waals surface area contributed by atoms with Crippen molar-refractivity contribution < 1.29 is 14.3 Å². The van der Waals surface area contributed by atoms with Crippen molar-refractivity contribution in [3.63, 3.8) is 0 Å². The predicted octanol–water partition coefficient (Wildman–Crippen LogP) is 6.61. The molecule has 0 aliphatic heterocycles. The highest BCUT2D eigenvalue weighted by molar-refractivity contribution is 8.00. The van der Waals surface area contributed by atoms with E-state index in [1.807, 2.05) is 105 Å². The fourth-order valence-electron chi connectivity index (χ4n) is 3.45. The van der Waals surface area contributed by atoms with Crippen LogP contribution >= 0.6 is 11.8 Å². The van der Waals surface area contributed by atoms with E-state index in [-0.39, 0.29) is 17.1 Å². The van der Waals surface area contributed by atoms with Crippen LogP contribution in [0.1, 0.15) is 24.2 Å². The van der Waals surface area contributed by atoms with Crippen LogP contribution in [-0.4, -0.2) is 23.7 Å². The van der Waals surface area contributed by atoms with Crippen molar-refractivity contribution in [1.29, 1.82) is 0 Å². The van der Waals surface area contributed by atoms with Crippen LogP contribution < -0.4 is 15.4 Å². The molecule has 2 amide bonds. The zero-order chi connectivity index (χ0) is 23.9. The fraction of sp³-hybridized carbons (Fsp3) is 0.143. The lowest BCUT2D eigenvalue weighted by Gasteiger charge is -2.13. The maximum atomic E-state index is 12.7. The molecule has 172 valence electrons. The number of ether oxygens (including phenoxy) is 1. The number of thioether (sulfide) groups is 1. The van der Waals surface area contributed by atoms with Gasteiger partial charge in [0.2, 0.25) is 5.91 Å². The van der Waals surface area contributed by atoms with Crippen LogP contribution in [0.4, 0.5) is 11.4 Å². The standard InChI is InChI=1S/C28H26N2O3S/c1-3-33-25-14-10-23(11-15-25)29-27(31)19(2)34-26-16-12-24(13-17-26)30-28(32)22-9-8-20-6-4-5-7-21(20)18-22/h4-19H,3H2,1-2H3,(H,29,31)(H,30,32). The van der Waals surface area contributed by atoms with Crippen molar-refractivity contribution in [2.45, 2.75) is 24.0 Å². The summed E-state index contributed by atoms with van der Waals surface area (Å²) in [5.74, 6) is 0.535. The van der Waals surface area contributed by atoms with E-state index in [0.29, 0.717) is 17.9 Å². The number of anilines is 2. The second-order valence-corrected chi connectivity index (χ2v) is 9.16. The van der Waals surface area contributed by atoms with Gasteiger partial charge in [-0.1, -0.05) is 30.3 Å². The number of nitrogens with one attached hydrogen (secondary N) is 2. The summed E-state index contributed by atoms with van der Waals surface area (Å²) in [4.78, 5) is 26.2. The van der Waals surface area contributed by atoms with Gasteiger partial charge in [0.25, 0.3) is 5.91 Å². The van der Waals surface area contributed by atoms with Gasteiger partial charge in [-0.25, -0.2) is 0 Å². The molecule has 5 nitrogen and oxygen atoms in total. The van der Waals surface area contributed by atoms with Gasteiger partial charge in [0.1, 0.15) is 5.75 Å². The fourth-order valence-corrected chi connectivity index (χ4v) is 4.32. The Hall–Kier alpha value is -3.77. The second kappa shape index (κ2) is 10.9. The summed E-state index contributed by atoms with van der Waals surface area (Å²) in [7, 11) is 0. The van der Waals surface area contributed by atoms with E-state index >= 15 is 0 Å². The van der Waals surface area contributed by atoms with Crippen molar-refractivity contribution in [2.75, 3.05) is 17.2 Å². The Morgan fingerprint density at radius 3 is 2.18 bits per heavy atom. The van der Waals surface area contributed by atoms with Crippen molar-refractivity contribution in [2.24, 2.45) is 0 Å². The van der Waals surface area contributed by atoms with Crippen molar-refractivity contribution in [3.05, 3.63) is 96.6 Å². The van der Waals surface area contributed by atoms with E-state index in [1.165, 1.54) is 11.8 Å². The van der Waals surface area contributed by atoms with E-state index in [9.17, 15) is 9.59 Å². The molecule has 4 rings (SSSR count). The Kier molecular flexibility index (Phi) is 7.50. The maximum absolute atomic E-state index is 12.7. The lowest BCUT2D eigenvalue weighted by Crippen LogP contribution is -2.22. The van der Waals surface area contributed by atoms with Gasteiger partial charge in [0.05, 0.1) is 11.9 Å². The summed E-state index contributed by atoms with van der Waals surface area (Å²) in [6.07, 6.45) is 0. The summed E-state index contributed by atoms with van der Waals surface area (Å²) in [5, 5.41) is 7.70. The van der Waals surface area contributed by atoms with E-state index < -0.39 is 0 Å². The molecule has 0 spiro atoms. The van der Waals surface area contributed by atoms with Gasteiger partial charge in [-0.05, 0) is 85.3 Å². The molecule has 0 radical (unpaired) electrons. The second-order valence-electron chi connectivity index (χ2n) is 7.75.